The third-order valence-corrected chi connectivity index (χ3v) is 3.68. The molecule has 0 radical (unpaired) electrons. The van der Waals surface area contributed by atoms with Gasteiger partial charge in [-0.2, -0.15) is 0 Å². The van der Waals surface area contributed by atoms with E-state index in [9.17, 15) is 10.2 Å². The Kier molecular flexibility index (Phi) is 6.41. The van der Waals surface area contributed by atoms with E-state index in [2.05, 4.69) is 29.2 Å². The lowest BCUT2D eigenvalue weighted by atomic mass is 9.91. The third kappa shape index (κ3) is 4.67. The van der Waals surface area contributed by atoms with Gasteiger partial charge in [0, 0.05) is 25.6 Å². The summed E-state index contributed by atoms with van der Waals surface area (Å²) in [6, 6.07) is 20.8. The molecule has 2 aromatic carbocycles. The number of hydrogen-bond donors (Lipinski definition) is 2. The van der Waals surface area contributed by atoms with Gasteiger partial charge in [-0.15, -0.1) is 0 Å². The molecule has 0 aliphatic heterocycles. The highest BCUT2D eigenvalue weighted by molar-refractivity contribution is 5.32. The molecule has 0 spiro atoms. The summed E-state index contributed by atoms with van der Waals surface area (Å²) in [5, 5.41) is 18.4. The van der Waals surface area contributed by atoms with Gasteiger partial charge < -0.3 is 10.2 Å². The summed E-state index contributed by atoms with van der Waals surface area (Å²) < 4.78 is 0. The lowest BCUT2D eigenvalue weighted by Crippen LogP contribution is -2.34. The number of aliphatic hydroxyl groups excluding tert-OH is 2. The fourth-order valence-electron chi connectivity index (χ4n) is 2.61. The monoisotopic (exact) mass is 285 g/mol. The molecule has 0 saturated carbocycles. The molecule has 0 bridgehead atoms. The lowest BCUT2D eigenvalue weighted by Gasteiger charge is -2.27. The molecule has 2 aromatic rings. The van der Waals surface area contributed by atoms with Crippen LogP contribution in [0.2, 0.25) is 0 Å². The van der Waals surface area contributed by atoms with Crippen LogP contribution in [0.3, 0.4) is 0 Å². The van der Waals surface area contributed by atoms with E-state index in [-0.39, 0.29) is 19.1 Å². The van der Waals surface area contributed by atoms with Gasteiger partial charge in [-0.25, -0.2) is 0 Å². The van der Waals surface area contributed by atoms with Crippen molar-refractivity contribution in [2.75, 3.05) is 32.8 Å². The Hall–Kier alpha value is -1.68. The zero-order valence-corrected chi connectivity index (χ0v) is 12.2. The summed E-state index contributed by atoms with van der Waals surface area (Å²) >= 11 is 0. The first kappa shape index (κ1) is 15.7. The number of benzene rings is 2. The first-order chi connectivity index (χ1) is 10.3. The maximum absolute atomic E-state index is 9.19. The largest absolute Gasteiger partial charge is 0.395 e. The zero-order chi connectivity index (χ0) is 14.9. The Bertz CT molecular complexity index is 456. The average molecular weight is 285 g/mol. The van der Waals surface area contributed by atoms with Crippen molar-refractivity contribution >= 4 is 0 Å². The Morgan fingerprint density at radius 3 is 1.52 bits per heavy atom. The summed E-state index contributed by atoms with van der Waals surface area (Å²) in [6.07, 6.45) is 0. The van der Waals surface area contributed by atoms with E-state index in [1.54, 1.807) is 0 Å². The van der Waals surface area contributed by atoms with Crippen LogP contribution in [-0.4, -0.2) is 48.0 Å². The number of aliphatic hydroxyl groups is 2. The molecule has 0 heterocycles. The minimum absolute atomic E-state index is 0.107. The van der Waals surface area contributed by atoms with Crippen molar-refractivity contribution in [2.45, 2.75) is 5.92 Å². The Labute approximate surface area is 126 Å². The van der Waals surface area contributed by atoms with E-state index in [0.717, 1.165) is 6.54 Å². The fourth-order valence-corrected chi connectivity index (χ4v) is 2.61. The highest BCUT2D eigenvalue weighted by atomic mass is 16.3. The molecule has 112 valence electrons. The molecule has 0 fully saturated rings. The van der Waals surface area contributed by atoms with Gasteiger partial charge in [0.15, 0.2) is 0 Å². The van der Waals surface area contributed by atoms with Crippen molar-refractivity contribution in [1.82, 2.24) is 4.90 Å². The van der Waals surface area contributed by atoms with Crippen LogP contribution < -0.4 is 0 Å². The molecule has 0 aliphatic carbocycles. The standard InChI is InChI=1S/C18H23NO2/c20-13-11-19(12-14-21)15-18(16-7-3-1-4-8-16)17-9-5-2-6-10-17/h1-10,18,20-21H,11-15H2. The maximum atomic E-state index is 9.19. The van der Waals surface area contributed by atoms with Crippen molar-refractivity contribution in [3.63, 3.8) is 0 Å². The molecule has 2 N–H and O–H groups in total. The van der Waals surface area contributed by atoms with E-state index in [1.807, 2.05) is 36.4 Å². The second kappa shape index (κ2) is 8.57. The molecule has 3 heteroatoms. The number of rotatable bonds is 8. The summed E-state index contributed by atoms with van der Waals surface area (Å²) in [7, 11) is 0. The first-order valence-electron chi connectivity index (χ1n) is 7.39. The minimum atomic E-state index is 0.107. The smallest absolute Gasteiger partial charge is 0.0558 e. The molecule has 0 atom stereocenters. The van der Waals surface area contributed by atoms with Crippen LogP contribution in [0.5, 0.6) is 0 Å². The van der Waals surface area contributed by atoms with Crippen LogP contribution in [0.15, 0.2) is 60.7 Å². The van der Waals surface area contributed by atoms with Crippen molar-refractivity contribution in [1.29, 1.82) is 0 Å². The van der Waals surface area contributed by atoms with Crippen LogP contribution >= 0.6 is 0 Å². The van der Waals surface area contributed by atoms with Gasteiger partial charge in [-0.1, -0.05) is 60.7 Å². The van der Waals surface area contributed by atoms with Crippen molar-refractivity contribution < 1.29 is 10.2 Å². The molecular weight excluding hydrogens is 262 g/mol. The topological polar surface area (TPSA) is 43.7 Å². The summed E-state index contributed by atoms with van der Waals surface area (Å²) in [5.41, 5.74) is 2.51. The van der Waals surface area contributed by atoms with Crippen molar-refractivity contribution in [3.8, 4) is 0 Å². The highest BCUT2D eigenvalue weighted by Crippen LogP contribution is 2.25. The quantitative estimate of drug-likeness (QED) is 0.780. The molecule has 0 saturated heterocycles. The van der Waals surface area contributed by atoms with Crippen LogP contribution in [-0.2, 0) is 0 Å². The molecule has 0 aromatic heterocycles. The van der Waals surface area contributed by atoms with E-state index < -0.39 is 0 Å². The fraction of sp³-hybridized carbons (Fsp3) is 0.333. The first-order valence-corrected chi connectivity index (χ1v) is 7.39. The minimum Gasteiger partial charge on any atom is -0.395 e. The lowest BCUT2D eigenvalue weighted by molar-refractivity contribution is 0.158. The van der Waals surface area contributed by atoms with Gasteiger partial charge in [-0.3, -0.25) is 4.90 Å². The second-order valence-electron chi connectivity index (χ2n) is 5.12. The van der Waals surface area contributed by atoms with Gasteiger partial charge in [-0.05, 0) is 11.1 Å². The maximum Gasteiger partial charge on any atom is 0.0558 e. The molecule has 0 amide bonds. The predicted molar refractivity (Wildman–Crippen MR) is 85.3 cm³/mol. The SMILES string of the molecule is OCCN(CCO)CC(c1ccccc1)c1ccccc1. The molecule has 0 unspecified atom stereocenters. The van der Waals surface area contributed by atoms with Crippen molar-refractivity contribution in [3.05, 3.63) is 71.8 Å². The second-order valence-corrected chi connectivity index (χ2v) is 5.12. The van der Waals surface area contributed by atoms with Crippen LogP contribution in [0, 0.1) is 0 Å². The third-order valence-electron chi connectivity index (χ3n) is 3.68. The van der Waals surface area contributed by atoms with Crippen LogP contribution in [0.1, 0.15) is 17.0 Å². The van der Waals surface area contributed by atoms with Gasteiger partial charge in [0.25, 0.3) is 0 Å². The van der Waals surface area contributed by atoms with Gasteiger partial charge in [0.1, 0.15) is 0 Å². The van der Waals surface area contributed by atoms with E-state index >= 15 is 0 Å². The molecule has 0 aliphatic rings. The predicted octanol–water partition coefficient (Wildman–Crippen LogP) is 2.11. The van der Waals surface area contributed by atoms with E-state index in [0.29, 0.717) is 13.1 Å². The van der Waals surface area contributed by atoms with Crippen LogP contribution in [0.25, 0.3) is 0 Å². The zero-order valence-electron chi connectivity index (χ0n) is 12.2. The molecule has 3 nitrogen and oxygen atoms in total. The Balaban J connectivity index is 2.24. The summed E-state index contributed by atoms with van der Waals surface area (Å²) in [4.78, 5) is 2.10. The van der Waals surface area contributed by atoms with E-state index in [4.69, 9.17) is 0 Å². The molecular formula is C18H23NO2. The number of nitrogens with zero attached hydrogens (tertiary/aromatic N) is 1. The van der Waals surface area contributed by atoms with Gasteiger partial charge >= 0.3 is 0 Å². The Morgan fingerprint density at radius 2 is 1.14 bits per heavy atom. The van der Waals surface area contributed by atoms with Gasteiger partial charge in [0.2, 0.25) is 0 Å². The normalized spacial score (nSPS) is 11.2. The Morgan fingerprint density at radius 1 is 0.714 bits per heavy atom. The van der Waals surface area contributed by atoms with E-state index in [1.165, 1.54) is 11.1 Å². The van der Waals surface area contributed by atoms with Crippen LogP contribution in [0.4, 0.5) is 0 Å². The summed E-state index contributed by atoms with van der Waals surface area (Å²) in [5.74, 6) is 0.241. The average Bonchev–Trinajstić information content (AvgIpc) is 2.54. The van der Waals surface area contributed by atoms with Gasteiger partial charge in [0.05, 0.1) is 13.2 Å². The number of hydrogen-bond acceptors (Lipinski definition) is 3. The van der Waals surface area contributed by atoms with Crippen molar-refractivity contribution in [2.24, 2.45) is 0 Å². The summed E-state index contributed by atoms with van der Waals surface area (Å²) in [6.45, 7) is 2.16. The molecule has 2 rings (SSSR count). The molecule has 21 heavy (non-hydrogen) atoms. The highest BCUT2D eigenvalue weighted by Gasteiger charge is 2.17.